The predicted molar refractivity (Wildman–Crippen MR) is 116 cm³/mol. The number of hydrogen-bond donors (Lipinski definition) is 2. The highest BCUT2D eigenvalue weighted by Crippen LogP contribution is 2.39. The number of fused-ring (bicyclic) bond motifs is 1. The summed E-state index contributed by atoms with van der Waals surface area (Å²) in [6.45, 7) is 12.4. The third-order valence-electron chi connectivity index (χ3n) is 5.55. The second kappa shape index (κ2) is 8.95. The molecular formula is C24H28N2O3. The van der Waals surface area contributed by atoms with Crippen LogP contribution in [0, 0.1) is 0 Å². The van der Waals surface area contributed by atoms with E-state index in [0.717, 1.165) is 30.0 Å². The van der Waals surface area contributed by atoms with Crippen molar-refractivity contribution in [1.29, 1.82) is 0 Å². The first kappa shape index (κ1) is 20.6. The van der Waals surface area contributed by atoms with E-state index < -0.39 is 5.97 Å². The molecule has 2 atom stereocenters. The molecule has 0 aromatic carbocycles. The molecule has 5 nitrogen and oxygen atoms in total. The maximum absolute atomic E-state index is 11.0. The summed E-state index contributed by atoms with van der Waals surface area (Å²) in [6.07, 6.45) is 11.6. The van der Waals surface area contributed by atoms with Gasteiger partial charge in [-0.3, -0.25) is 4.79 Å². The highest BCUT2D eigenvalue weighted by molar-refractivity contribution is 5.69. The number of pyridine rings is 1. The van der Waals surface area contributed by atoms with Crippen molar-refractivity contribution in [1.82, 2.24) is 4.98 Å². The minimum absolute atomic E-state index is 0.0560. The fraction of sp³-hybridized carbons (Fsp3) is 0.333. The molecule has 2 heterocycles. The monoisotopic (exact) mass is 392 g/mol. The molecule has 0 saturated heterocycles. The van der Waals surface area contributed by atoms with Gasteiger partial charge in [0.05, 0.1) is 19.1 Å². The molecule has 1 aromatic heterocycles. The van der Waals surface area contributed by atoms with Crippen molar-refractivity contribution in [2.75, 3.05) is 11.9 Å². The molecule has 2 N–H and O–H groups in total. The number of nitrogens with one attached hydrogen (secondary N) is 1. The standard InChI is InChI=1S/C24H28N2O3/c1-5-8-15(4)17(6-2)19-9-10-21(18(19)7-3)26-23-12-22-20(13-25-23)16(14-29-22)11-24(27)28/h5-8,12-13,16,21H,1,3,9-11,14H2,2,4H3,(H,25,26)(H,27,28)/b15-8+,17-6-. The lowest BCUT2D eigenvalue weighted by Gasteiger charge is -2.17. The number of hydrogen-bond acceptors (Lipinski definition) is 4. The SMILES string of the molecule is C=C/C=C(C)/C(=C/C)C1=C(C=C)C(Nc2cc3c(cn2)C(CC(=O)O)CO3)CC1. The van der Waals surface area contributed by atoms with Crippen LogP contribution < -0.4 is 10.1 Å². The van der Waals surface area contributed by atoms with Crippen LogP contribution in [-0.2, 0) is 4.79 Å². The summed E-state index contributed by atoms with van der Waals surface area (Å²) in [5.41, 5.74) is 5.76. The number of allylic oxidation sites excluding steroid dienone is 6. The minimum Gasteiger partial charge on any atom is -0.492 e. The van der Waals surface area contributed by atoms with Crippen molar-refractivity contribution in [2.24, 2.45) is 0 Å². The fourth-order valence-corrected chi connectivity index (χ4v) is 4.21. The van der Waals surface area contributed by atoms with Crippen molar-refractivity contribution in [3.8, 4) is 5.75 Å². The Morgan fingerprint density at radius 3 is 2.90 bits per heavy atom. The number of aliphatic carboxylic acids is 1. The summed E-state index contributed by atoms with van der Waals surface area (Å²) in [4.78, 5) is 15.5. The third kappa shape index (κ3) is 4.34. The Labute approximate surface area is 172 Å². The molecule has 0 spiro atoms. The van der Waals surface area contributed by atoms with Gasteiger partial charge in [-0.15, -0.1) is 0 Å². The molecule has 0 fully saturated rings. The Morgan fingerprint density at radius 2 is 2.24 bits per heavy atom. The first-order valence-corrected chi connectivity index (χ1v) is 9.91. The number of nitrogens with zero attached hydrogens (tertiary/aromatic N) is 1. The van der Waals surface area contributed by atoms with Gasteiger partial charge in [0.15, 0.2) is 0 Å². The zero-order valence-corrected chi connectivity index (χ0v) is 17.1. The van der Waals surface area contributed by atoms with Gasteiger partial charge in [0.25, 0.3) is 0 Å². The van der Waals surface area contributed by atoms with Crippen LogP contribution in [0.25, 0.3) is 0 Å². The largest absolute Gasteiger partial charge is 0.492 e. The molecule has 3 rings (SSSR count). The molecule has 0 bridgehead atoms. The first-order chi connectivity index (χ1) is 14.0. The number of carboxylic acid groups (broad SMARTS) is 1. The Balaban J connectivity index is 1.81. The zero-order valence-electron chi connectivity index (χ0n) is 17.1. The van der Waals surface area contributed by atoms with E-state index in [2.05, 4.69) is 43.4 Å². The molecule has 152 valence electrons. The molecular weight excluding hydrogens is 364 g/mol. The summed E-state index contributed by atoms with van der Waals surface area (Å²) in [7, 11) is 0. The molecule has 0 saturated carbocycles. The van der Waals surface area contributed by atoms with Crippen LogP contribution in [0.15, 0.2) is 72.0 Å². The van der Waals surface area contributed by atoms with Crippen LogP contribution in [0.1, 0.15) is 44.6 Å². The van der Waals surface area contributed by atoms with E-state index in [1.54, 1.807) is 6.20 Å². The maximum atomic E-state index is 11.0. The van der Waals surface area contributed by atoms with Crippen molar-refractivity contribution < 1.29 is 14.6 Å². The molecule has 1 aliphatic heterocycles. The lowest BCUT2D eigenvalue weighted by Crippen LogP contribution is -2.18. The van der Waals surface area contributed by atoms with E-state index in [9.17, 15) is 4.79 Å². The molecule has 1 aromatic rings. The third-order valence-corrected chi connectivity index (χ3v) is 5.55. The number of rotatable bonds is 8. The van der Waals surface area contributed by atoms with Gasteiger partial charge in [0.1, 0.15) is 11.6 Å². The summed E-state index contributed by atoms with van der Waals surface area (Å²) in [5.74, 6) is 0.483. The van der Waals surface area contributed by atoms with Crippen molar-refractivity contribution >= 4 is 11.8 Å². The van der Waals surface area contributed by atoms with Crippen LogP contribution in [-0.4, -0.2) is 28.7 Å². The van der Waals surface area contributed by atoms with Crippen LogP contribution in [0.5, 0.6) is 5.75 Å². The van der Waals surface area contributed by atoms with Gasteiger partial charge in [-0.2, -0.15) is 0 Å². The smallest absolute Gasteiger partial charge is 0.304 e. The van der Waals surface area contributed by atoms with Gasteiger partial charge in [-0.1, -0.05) is 37.5 Å². The average molecular weight is 392 g/mol. The van der Waals surface area contributed by atoms with Crippen molar-refractivity contribution in [2.45, 2.75) is 45.1 Å². The topological polar surface area (TPSA) is 71.5 Å². The van der Waals surface area contributed by atoms with Gasteiger partial charge in [0, 0.05) is 23.7 Å². The van der Waals surface area contributed by atoms with E-state index in [1.807, 2.05) is 24.3 Å². The zero-order chi connectivity index (χ0) is 21.0. The number of aromatic nitrogens is 1. The molecule has 0 amide bonds. The molecule has 5 heteroatoms. The quantitative estimate of drug-likeness (QED) is 0.597. The number of carbonyl (C=O) groups is 1. The van der Waals surface area contributed by atoms with E-state index in [1.165, 1.54) is 22.3 Å². The summed E-state index contributed by atoms with van der Waals surface area (Å²) in [5, 5.41) is 12.5. The Hall–Kier alpha value is -3.08. The van der Waals surface area contributed by atoms with Gasteiger partial charge in [-0.25, -0.2) is 4.98 Å². The summed E-state index contributed by atoms with van der Waals surface area (Å²) >= 11 is 0. The normalized spacial score (nSPS) is 21.6. The summed E-state index contributed by atoms with van der Waals surface area (Å²) in [6, 6.07) is 1.99. The van der Waals surface area contributed by atoms with Gasteiger partial charge in [-0.05, 0) is 49.0 Å². The Kier molecular flexibility index (Phi) is 6.37. The van der Waals surface area contributed by atoms with Crippen LogP contribution >= 0.6 is 0 Å². The number of ether oxygens (including phenoxy) is 1. The first-order valence-electron chi connectivity index (χ1n) is 9.91. The predicted octanol–water partition coefficient (Wildman–Crippen LogP) is 5.17. The fourth-order valence-electron chi connectivity index (χ4n) is 4.21. The van der Waals surface area contributed by atoms with Gasteiger partial charge >= 0.3 is 5.97 Å². The second-order valence-electron chi connectivity index (χ2n) is 7.37. The Bertz CT molecular complexity index is 924. The van der Waals surface area contributed by atoms with Crippen molar-refractivity contribution in [3.63, 3.8) is 0 Å². The van der Waals surface area contributed by atoms with Gasteiger partial charge in [0.2, 0.25) is 0 Å². The van der Waals surface area contributed by atoms with Crippen LogP contribution in [0.2, 0.25) is 0 Å². The highest BCUT2D eigenvalue weighted by atomic mass is 16.5. The number of carboxylic acids is 1. The van der Waals surface area contributed by atoms with Crippen molar-refractivity contribution in [3.05, 3.63) is 77.6 Å². The van der Waals surface area contributed by atoms with E-state index in [4.69, 9.17) is 9.84 Å². The van der Waals surface area contributed by atoms with Crippen LogP contribution in [0.3, 0.4) is 0 Å². The van der Waals surface area contributed by atoms with Crippen LogP contribution in [0.4, 0.5) is 5.82 Å². The Morgan fingerprint density at radius 1 is 1.45 bits per heavy atom. The maximum Gasteiger partial charge on any atom is 0.304 e. The molecule has 2 aliphatic rings. The highest BCUT2D eigenvalue weighted by Gasteiger charge is 2.29. The molecule has 2 unspecified atom stereocenters. The summed E-state index contributed by atoms with van der Waals surface area (Å²) < 4.78 is 5.70. The van der Waals surface area contributed by atoms with Gasteiger partial charge < -0.3 is 15.2 Å². The van der Waals surface area contributed by atoms with E-state index in [-0.39, 0.29) is 18.4 Å². The lowest BCUT2D eigenvalue weighted by atomic mass is 9.95. The number of anilines is 1. The molecule has 1 aliphatic carbocycles. The average Bonchev–Trinajstić information content (AvgIpc) is 3.26. The molecule has 29 heavy (non-hydrogen) atoms. The van der Waals surface area contributed by atoms with E-state index >= 15 is 0 Å². The lowest BCUT2D eigenvalue weighted by molar-refractivity contribution is -0.137. The minimum atomic E-state index is -0.825. The second-order valence-corrected chi connectivity index (χ2v) is 7.37. The molecule has 0 radical (unpaired) electrons. The van der Waals surface area contributed by atoms with E-state index in [0.29, 0.717) is 6.61 Å².